The first-order valence-electron chi connectivity index (χ1n) is 10.9. The lowest BCUT2D eigenvalue weighted by molar-refractivity contribution is 0.308. The van der Waals surface area contributed by atoms with Crippen LogP contribution in [0.2, 0.25) is 0 Å². The van der Waals surface area contributed by atoms with E-state index in [-0.39, 0.29) is 0 Å². The minimum atomic E-state index is 0.575. The van der Waals surface area contributed by atoms with Gasteiger partial charge < -0.3 is 0 Å². The summed E-state index contributed by atoms with van der Waals surface area (Å²) in [6.45, 7) is 4.47. The van der Waals surface area contributed by atoms with Crippen molar-refractivity contribution in [1.82, 2.24) is 9.97 Å². The minimum absolute atomic E-state index is 0.575. The van der Waals surface area contributed by atoms with Crippen molar-refractivity contribution in [2.24, 2.45) is 5.92 Å². The van der Waals surface area contributed by atoms with Crippen LogP contribution in [0.15, 0.2) is 42.7 Å². The standard InChI is InChI=1S/C26H32N2/c1-3-5-6-8-23-19-27-26(28-20-23)18-13-22-11-16-25(17-12-22)24-14-9-21(7-4-2)10-15-24/h6,8,11-12,16-17,19-21,24H,3-5,7,9-10,14-15H2,1-2H3/b8-6+. The zero-order valence-electron chi connectivity index (χ0n) is 17.3. The van der Waals surface area contributed by atoms with E-state index in [2.05, 4.69) is 72.1 Å². The molecule has 0 aliphatic heterocycles. The molecule has 0 bridgehead atoms. The Balaban J connectivity index is 1.56. The number of allylic oxidation sites excluding steroid dienone is 1. The van der Waals surface area contributed by atoms with Crippen LogP contribution in [0, 0.1) is 17.8 Å². The molecular weight excluding hydrogens is 340 g/mol. The van der Waals surface area contributed by atoms with Gasteiger partial charge in [0, 0.05) is 23.5 Å². The molecule has 0 radical (unpaired) electrons. The molecule has 1 aliphatic carbocycles. The van der Waals surface area contributed by atoms with Crippen LogP contribution < -0.4 is 0 Å². The number of rotatable bonds is 6. The SMILES string of the molecule is CCC/C=C/c1cnc(C#Cc2ccc(C3CCC(CCC)CC3)cc2)nc1. The van der Waals surface area contributed by atoms with Gasteiger partial charge in [-0.05, 0) is 67.6 Å². The largest absolute Gasteiger partial charge is 0.229 e. The fourth-order valence-corrected chi connectivity index (χ4v) is 4.03. The Morgan fingerprint density at radius 2 is 1.64 bits per heavy atom. The summed E-state index contributed by atoms with van der Waals surface area (Å²) in [6.07, 6.45) is 18.3. The Kier molecular flexibility index (Phi) is 7.85. The zero-order chi connectivity index (χ0) is 19.6. The lowest BCUT2D eigenvalue weighted by Gasteiger charge is -2.28. The summed E-state index contributed by atoms with van der Waals surface area (Å²) in [5.74, 6) is 8.53. The Labute approximate surface area is 170 Å². The van der Waals surface area contributed by atoms with Crippen LogP contribution >= 0.6 is 0 Å². The second-order valence-corrected chi connectivity index (χ2v) is 7.91. The Morgan fingerprint density at radius 3 is 2.29 bits per heavy atom. The van der Waals surface area contributed by atoms with Crippen LogP contribution in [0.25, 0.3) is 6.08 Å². The maximum absolute atomic E-state index is 4.35. The summed E-state index contributed by atoms with van der Waals surface area (Å²) in [4.78, 5) is 8.70. The summed E-state index contributed by atoms with van der Waals surface area (Å²) in [6, 6.07) is 8.80. The van der Waals surface area contributed by atoms with Gasteiger partial charge in [-0.3, -0.25) is 0 Å². The molecule has 0 N–H and O–H groups in total. The van der Waals surface area contributed by atoms with E-state index in [1.165, 1.54) is 44.1 Å². The minimum Gasteiger partial charge on any atom is -0.229 e. The van der Waals surface area contributed by atoms with Crippen LogP contribution in [-0.4, -0.2) is 9.97 Å². The van der Waals surface area contributed by atoms with E-state index >= 15 is 0 Å². The molecule has 2 aromatic rings. The van der Waals surface area contributed by atoms with Gasteiger partial charge in [-0.25, -0.2) is 9.97 Å². The van der Waals surface area contributed by atoms with E-state index < -0.39 is 0 Å². The molecule has 0 unspecified atom stereocenters. The molecule has 2 nitrogen and oxygen atoms in total. The van der Waals surface area contributed by atoms with Crippen molar-refractivity contribution >= 4 is 6.08 Å². The first-order chi connectivity index (χ1) is 13.8. The maximum Gasteiger partial charge on any atom is 0.205 e. The molecular formula is C26H32N2. The van der Waals surface area contributed by atoms with Crippen molar-refractivity contribution in [1.29, 1.82) is 0 Å². The molecule has 0 saturated heterocycles. The second-order valence-electron chi connectivity index (χ2n) is 7.91. The molecule has 3 rings (SSSR count). The molecule has 2 heteroatoms. The van der Waals surface area contributed by atoms with Gasteiger partial charge in [0.15, 0.2) is 0 Å². The lowest BCUT2D eigenvalue weighted by Crippen LogP contribution is -2.13. The van der Waals surface area contributed by atoms with Gasteiger partial charge in [0.1, 0.15) is 0 Å². The van der Waals surface area contributed by atoms with Crippen molar-refractivity contribution in [2.45, 2.75) is 71.1 Å². The topological polar surface area (TPSA) is 25.8 Å². The number of unbranched alkanes of at least 4 members (excludes halogenated alkanes) is 1. The summed E-state index contributed by atoms with van der Waals surface area (Å²) in [7, 11) is 0. The monoisotopic (exact) mass is 372 g/mol. The third kappa shape index (κ3) is 6.06. The maximum atomic E-state index is 4.35. The van der Waals surface area contributed by atoms with Crippen LogP contribution in [0.5, 0.6) is 0 Å². The molecule has 0 atom stereocenters. The number of nitrogens with zero attached hydrogens (tertiary/aromatic N) is 2. The van der Waals surface area contributed by atoms with Crippen molar-refractivity contribution in [3.05, 3.63) is 65.2 Å². The van der Waals surface area contributed by atoms with Crippen molar-refractivity contribution < 1.29 is 0 Å². The summed E-state index contributed by atoms with van der Waals surface area (Å²) >= 11 is 0. The molecule has 146 valence electrons. The van der Waals surface area contributed by atoms with Crippen molar-refractivity contribution in [3.63, 3.8) is 0 Å². The van der Waals surface area contributed by atoms with E-state index in [9.17, 15) is 0 Å². The highest BCUT2D eigenvalue weighted by atomic mass is 14.8. The van der Waals surface area contributed by atoms with E-state index in [0.29, 0.717) is 5.82 Å². The Hall–Kier alpha value is -2.40. The second kappa shape index (κ2) is 10.8. The Morgan fingerprint density at radius 1 is 0.929 bits per heavy atom. The van der Waals surface area contributed by atoms with Gasteiger partial charge in [-0.1, -0.05) is 63.3 Å². The van der Waals surface area contributed by atoms with Crippen molar-refractivity contribution in [2.75, 3.05) is 0 Å². The first-order valence-corrected chi connectivity index (χ1v) is 10.9. The summed E-state index contributed by atoms with van der Waals surface area (Å²) in [5, 5.41) is 0. The molecule has 0 spiro atoms. The van der Waals surface area contributed by atoms with Gasteiger partial charge in [-0.2, -0.15) is 0 Å². The molecule has 1 saturated carbocycles. The number of hydrogen-bond donors (Lipinski definition) is 0. The average Bonchev–Trinajstić information content (AvgIpc) is 2.75. The fraction of sp³-hybridized carbons (Fsp3) is 0.462. The predicted octanol–water partition coefficient (Wildman–Crippen LogP) is 6.76. The van der Waals surface area contributed by atoms with Crippen LogP contribution in [0.1, 0.15) is 93.6 Å². The number of benzene rings is 1. The third-order valence-corrected chi connectivity index (χ3v) is 5.68. The molecule has 1 aromatic carbocycles. The quantitative estimate of drug-likeness (QED) is 0.523. The molecule has 1 heterocycles. The predicted molar refractivity (Wildman–Crippen MR) is 118 cm³/mol. The summed E-state index contributed by atoms with van der Waals surface area (Å²) < 4.78 is 0. The van der Waals surface area contributed by atoms with Gasteiger partial charge in [0.25, 0.3) is 0 Å². The van der Waals surface area contributed by atoms with Gasteiger partial charge in [0.2, 0.25) is 5.82 Å². The summed E-state index contributed by atoms with van der Waals surface area (Å²) in [5.41, 5.74) is 3.52. The van der Waals surface area contributed by atoms with Crippen molar-refractivity contribution in [3.8, 4) is 11.8 Å². The van der Waals surface area contributed by atoms with Gasteiger partial charge in [0.05, 0.1) is 0 Å². The van der Waals surface area contributed by atoms with E-state index in [1.54, 1.807) is 0 Å². The zero-order valence-corrected chi connectivity index (χ0v) is 17.3. The molecule has 1 fully saturated rings. The smallest absolute Gasteiger partial charge is 0.205 e. The normalized spacial score (nSPS) is 19.4. The highest BCUT2D eigenvalue weighted by Crippen LogP contribution is 2.37. The lowest BCUT2D eigenvalue weighted by atomic mass is 9.77. The van der Waals surface area contributed by atoms with E-state index in [0.717, 1.165) is 35.8 Å². The highest BCUT2D eigenvalue weighted by molar-refractivity contribution is 5.47. The number of hydrogen-bond acceptors (Lipinski definition) is 2. The molecule has 0 amide bonds. The molecule has 28 heavy (non-hydrogen) atoms. The molecule has 1 aromatic heterocycles. The highest BCUT2D eigenvalue weighted by Gasteiger charge is 2.21. The average molecular weight is 373 g/mol. The molecule has 1 aliphatic rings. The van der Waals surface area contributed by atoms with Crippen LogP contribution in [0.3, 0.4) is 0 Å². The van der Waals surface area contributed by atoms with Crippen LogP contribution in [-0.2, 0) is 0 Å². The van der Waals surface area contributed by atoms with E-state index in [4.69, 9.17) is 0 Å². The third-order valence-electron chi connectivity index (χ3n) is 5.68. The fourth-order valence-electron chi connectivity index (χ4n) is 4.03. The van der Waals surface area contributed by atoms with Gasteiger partial charge >= 0.3 is 0 Å². The van der Waals surface area contributed by atoms with E-state index in [1.807, 2.05) is 12.4 Å². The number of aromatic nitrogens is 2. The van der Waals surface area contributed by atoms with Crippen LogP contribution in [0.4, 0.5) is 0 Å². The Bertz CT molecular complexity index is 798. The van der Waals surface area contributed by atoms with Gasteiger partial charge in [-0.15, -0.1) is 0 Å². The first kappa shape index (κ1) is 20.3.